The number of nitrogens with zero attached hydrogens (tertiary/aromatic N) is 2. The minimum Gasteiger partial charge on any atom is -0.321 e. The van der Waals surface area contributed by atoms with E-state index in [9.17, 15) is 23.3 Å². The van der Waals surface area contributed by atoms with Crippen molar-refractivity contribution in [1.82, 2.24) is 0 Å². The van der Waals surface area contributed by atoms with Crippen molar-refractivity contribution in [2.24, 2.45) is 5.14 Å². The lowest BCUT2D eigenvalue weighted by Gasteiger charge is -2.05. The highest BCUT2D eigenvalue weighted by Gasteiger charge is 2.12. The summed E-state index contributed by atoms with van der Waals surface area (Å²) in [5.74, 6) is -0.714. The number of rotatable bonds is 5. The largest absolute Gasteiger partial charge is 0.321 e. The highest BCUT2D eigenvalue weighted by molar-refractivity contribution is 7.89. The Morgan fingerprint density at radius 1 is 1.15 bits per heavy atom. The molecule has 1 amide bonds. The molecule has 0 bridgehead atoms. The zero-order valence-corrected chi connectivity index (χ0v) is 13.9. The van der Waals surface area contributed by atoms with Crippen LogP contribution in [0.1, 0.15) is 5.56 Å². The van der Waals surface area contributed by atoms with E-state index in [1.165, 1.54) is 54.6 Å². The number of nitriles is 1. The molecule has 0 atom stereocenters. The van der Waals surface area contributed by atoms with Crippen molar-refractivity contribution in [3.8, 4) is 6.07 Å². The van der Waals surface area contributed by atoms with Crippen LogP contribution in [0.3, 0.4) is 0 Å². The van der Waals surface area contributed by atoms with Crippen molar-refractivity contribution >= 4 is 33.4 Å². The van der Waals surface area contributed by atoms with E-state index in [-0.39, 0.29) is 21.8 Å². The van der Waals surface area contributed by atoms with Crippen LogP contribution in [0.2, 0.25) is 0 Å². The van der Waals surface area contributed by atoms with E-state index in [4.69, 9.17) is 10.4 Å². The van der Waals surface area contributed by atoms with Crippen LogP contribution in [0.25, 0.3) is 6.08 Å². The lowest BCUT2D eigenvalue weighted by atomic mass is 10.1. The predicted octanol–water partition coefficient (Wildman–Crippen LogP) is 1.79. The third-order valence-electron chi connectivity index (χ3n) is 3.22. The van der Waals surface area contributed by atoms with Gasteiger partial charge in [0, 0.05) is 17.8 Å². The summed E-state index contributed by atoms with van der Waals surface area (Å²) in [4.78, 5) is 22.1. The number of nitro groups is 1. The van der Waals surface area contributed by atoms with E-state index in [1.807, 2.05) is 0 Å². The van der Waals surface area contributed by atoms with Gasteiger partial charge in [-0.15, -0.1) is 0 Å². The molecule has 0 aliphatic carbocycles. The molecule has 0 saturated carbocycles. The van der Waals surface area contributed by atoms with Crippen LogP contribution >= 0.6 is 0 Å². The Morgan fingerprint density at radius 2 is 1.73 bits per heavy atom. The van der Waals surface area contributed by atoms with Gasteiger partial charge in [0.1, 0.15) is 11.6 Å². The summed E-state index contributed by atoms with van der Waals surface area (Å²) in [6.07, 6.45) is 1.28. The van der Waals surface area contributed by atoms with Crippen LogP contribution in [0.15, 0.2) is 59.0 Å². The van der Waals surface area contributed by atoms with Crippen molar-refractivity contribution in [2.75, 3.05) is 5.32 Å². The van der Waals surface area contributed by atoms with Crippen molar-refractivity contribution in [3.63, 3.8) is 0 Å². The maximum atomic E-state index is 12.2. The van der Waals surface area contributed by atoms with Crippen molar-refractivity contribution < 1.29 is 18.1 Å². The number of primary sulfonamides is 1. The monoisotopic (exact) mass is 372 g/mol. The number of benzene rings is 2. The minimum absolute atomic E-state index is 0.111. The van der Waals surface area contributed by atoms with Crippen molar-refractivity contribution in [2.45, 2.75) is 4.90 Å². The van der Waals surface area contributed by atoms with Gasteiger partial charge in [-0.1, -0.05) is 0 Å². The smallest absolute Gasteiger partial charge is 0.269 e. The first-order valence-electron chi connectivity index (χ1n) is 7.01. The number of nitro benzene ring substituents is 1. The molecule has 0 heterocycles. The number of anilines is 1. The van der Waals surface area contributed by atoms with Crippen molar-refractivity contribution in [3.05, 3.63) is 69.8 Å². The molecule has 3 N–H and O–H groups in total. The molecular formula is C16H12N4O5S. The Kier molecular flexibility index (Phi) is 5.46. The van der Waals surface area contributed by atoms with Crippen LogP contribution in [0.5, 0.6) is 0 Å². The summed E-state index contributed by atoms with van der Waals surface area (Å²) < 4.78 is 22.4. The molecule has 2 aromatic rings. The molecule has 132 valence electrons. The molecule has 0 aliphatic rings. The summed E-state index contributed by atoms with van der Waals surface area (Å²) in [5, 5.41) is 27.2. The van der Waals surface area contributed by atoms with Crippen LogP contribution in [-0.4, -0.2) is 19.2 Å². The standard InChI is InChI=1S/C16H12N4O5S/c17-10-12(9-11-1-5-14(6-2-11)20(22)23)16(21)19-13-3-7-15(8-4-13)26(18,24)25/h1-9H,(H,19,21)(H2,18,24,25)/b12-9-. The Bertz CT molecular complexity index is 1020. The van der Waals surface area contributed by atoms with Gasteiger partial charge in [0.25, 0.3) is 11.6 Å². The zero-order valence-electron chi connectivity index (χ0n) is 13.1. The summed E-state index contributed by atoms with van der Waals surface area (Å²) >= 11 is 0. The summed E-state index contributed by atoms with van der Waals surface area (Å²) in [5.41, 5.74) is 0.369. The quantitative estimate of drug-likeness (QED) is 0.352. The molecule has 10 heteroatoms. The second-order valence-electron chi connectivity index (χ2n) is 5.04. The van der Waals surface area contributed by atoms with E-state index in [2.05, 4.69) is 5.32 Å². The maximum Gasteiger partial charge on any atom is 0.269 e. The normalized spacial score (nSPS) is 11.5. The summed E-state index contributed by atoms with van der Waals surface area (Å²) in [7, 11) is -3.84. The first-order valence-corrected chi connectivity index (χ1v) is 8.56. The fourth-order valence-corrected chi connectivity index (χ4v) is 2.45. The van der Waals surface area contributed by atoms with E-state index >= 15 is 0 Å². The number of sulfonamides is 1. The Hall–Kier alpha value is -3.55. The van der Waals surface area contributed by atoms with Gasteiger partial charge in [0.15, 0.2) is 0 Å². The van der Waals surface area contributed by atoms with E-state index in [0.717, 1.165) is 0 Å². The molecular weight excluding hydrogens is 360 g/mol. The number of carbonyl (C=O) groups excluding carboxylic acids is 1. The van der Waals surface area contributed by atoms with Gasteiger partial charge in [-0.05, 0) is 48.0 Å². The van der Waals surface area contributed by atoms with Crippen molar-refractivity contribution in [1.29, 1.82) is 5.26 Å². The number of amides is 1. The lowest BCUT2D eigenvalue weighted by Crippen LogP contribution is -2.14. The molecule has 9 nitrogen and oxygen atoms in total. The molecule has 0 radical (unpaired) electrons. The maximum absolute atomic E-state index is 12.2. The third kappa shape index (κ3) is 4.73. The van der Waals surface area contributed by atoms with Gasteiger partial charge in [-0.2, -0.15) is 5.26 Å². The molecule has 26 heavy (non-hydrogen) atoms. The highest BCUT2D eigenvalue weighted by Crippen LogP contribution is 2.16. The number of hydrogen-bond acceptors (Lipinski definition) is 6. The predicted molar refractivity (Wildman–Crippen MR) is 93.1 cm³/mol. The zero-order chi connectivity index (χ0) is 19.3. The highest BCUT2D eigenvalue weighted by atomic mass is 32.2. The van der Waals surface area contributed by atoms with Crippen LogP contribution in [0, 0.1) is 21.4 Å². The average molecular weight is 372 g/mol. The third-order valence-corrected chi connectivity index (χ3v) is 4.15. The minimum atomic E-state index is -3.84. The Balaban J connectivity index is 2.18. The number of nitrogens with two attached hydrogens (primary N) is 1. The second-order valence-corrected chi connectivity index (χ2v) is 6.60. The Morgan fingerprint density at radius 3 is 2.19 bits per heavy atom. The molecule has 0 fully saturated rings. The molecule has 2 aromatic carbocycles. The van der Waals surface area contributed by atoms with E-state index in [1.54, 1.807) is 6.07 Å². The molecule has 0 saturated heterocycles. The topological polar surface area (TPSA) is 156 Å². The summed E-state index contributed by atoms with van der Waals surface area (Å²) in [6.45, 7) is 0. The average Bonchev–Trinajstić information content (AvgIpc) is 2.59. The number of non-ortho nitro benzene ring substituents is 1. The van der Waals surface area contributed by atoms with Gasteiger partial charge in [-0.3, -0.25) is 14.9 Å². The fourth-order valence-electron chi connectivity index (χ4n) is 1.93. The van der Waals surface area contributed by atoms with Gasteiger partial charge in [-0.25, -0.2) is 13.6 Å². The molecule has 0 aliphatic heterocycles. The SMILES string of the molecule is N#C/C(=C/c1ccc([N+](=O)[O-])cc1)C(=O)Nc1ccc(S(N)(=O)=O)cc1. The van der Waals surface area contributed by atoms with Gasteiger partial charge < -0.3 is 5.32 Å². The molecule has 2 rings (SSSR count). The van der Waals surface area contributed by atoms with Gasteiger partial charge >= 0.3 is 0 Å². The van der Waals surface area contributed by atoms with E-state index in [0.29, 0.717) is 5.56 Å². The molecule has 0 spiro atoms. The van der Waals surface area contributed by atoms with Gasteiger partial charge in [0.05, 0.1) is 9.82 Å². The van der Waals surface area contributed by atoms with Crippen LogP contribution in [0.4, 0.5) is 11.4 Å². The summed E-state index contributed by atoms with van der Waals surface area (Å²) in [6, 6.07) is 12.2. The van der Waals surface area contributed by atoms with Crippen LogP contribution < -0.4 is 10.5 Å². The fraction of sp³-hybridized carbons (Fsp3) is 0. The Labute approximate surface area is 148 Å². The number of hydrogen-bond donors (Lipinski definition) is 2. The molecule has 0 aromatic heterocycles. The first-order chi connectivity index (χ1) is 12.2. The molecule has 0 unspecified atom stereocenters. The van der Waals surface area contributed by atoms with E-state index < -0.39 is 20.9 Å². The van der Waals surface area contributed by atoms with Crippen LogP contribution in [-0.2, 0) is 14.8 Å². The lowest BCUT2D eigenvalue weighted by molar-refractivity contribution is -0.384. The number of carbonyl (C=O) groups is 1. The van der Waals surface area contributed by atoms with Gasteiger partial charge in [0.2, 0.25) is 10.0 Å². The first kappa shape index (κ1) is 18.8. The second kappa shape index (κ2) is 7.56. The number of nitrogens with one attached hydrogen (secondary N) is 1.